The molecule has 0 radical (unpaired) electrons. The van der Waals surface area contributed by atoms with Gasteiger partial charge in [-0.15, -0.1) is 0 Å². The average Bonchev–Trinajstić information content (AvgIpc) is 3.38. The Kier molecular flexibility index (Phi) is 43.9. The summed E-state index contributed by atoms with van der Waals surface area (Å²) in [6, 6.07) is -2.78. The first-order valence-electron chi connectivity index (χ1n) is 27.0. The van der Waals surface area contributed by atoms with Crippen LogP contribution in [0.2, 0.25) is 0 Å². The van der Waals surface area contributed by atoms with Crippen molar-refractivity contribution in [1.82, 2.24) is 21.3 Å². The Labute approximate surface area is 465 Å². The van der Waals surface area contributed by atoms with Crippen molar-refractivity contribution >= 4 is 82.6 Å². The minimum atomic E-state index is -1.43. The van der Waals surface area contributed by atoms with Gasteiger partial charge in [-0.05, 0) is 38.5 Å². The maximum Gasteiger partial charge on any atom is 0.326 e. The lowest BCUT2D eigenvalue weighted by atomic mass is 9.95. The van der Waals surface area contributed by atoms with Crippen LogP contribution < -0.4 is 21.3 Å². The monoisotopic (exact) mass is 1150 g/mol. The summed E-state index contributed by atoms with van der Waals surface area (Å²) >= 11 is 1.27. The topological polar surface area (TPSA) is 411 Å². The number of hydrogen-bond donors (Lipinski definition) is 10. The maximum atomic E-state index is 12.5. The first kappa shape index (κ1) is 73.4. The molecule has 0 saturated heterocycles. The number of aliphatic hydroxyl groups is 1. The van der Waals surface area contributed by atoms with Crippen molar-refractivity contribution in [3.63, 3.8) is 0 Å². The summed E-state index contributed by atoms with van der Waals surface area (Å²) in [6.07, 6.45) is 7.29. The summed E-state index contributed by atoms with van der Waals surface area (Å²) in [6.45, 7) is 1.25. The number of hydrogen-bond acceptors (Lipinski definition) is 18. The molecule has 0 aliphatic rings. The second-order valence-corrected chi connectivity index (χ2v) is 20.0. The first-order chi connectivity index (χ1) is 37.7. The largest absolute Gasteiger partial charge is 0.481 e. The van der Waals surface area contributed by atoms with Gasteiger partial charge in [0.2, 0.25) is 23.6 Å². The Morgan fingerprint density at radius 1 is 0.443 bits per heavy atom. The number of carboxylic acid groups (broad SMARTS) is 5. The molecule has 0 aromatic rings. The normalized spacial score (nSPS) is 13.0. The summed E-state index contributed by atoms with van der Waals surface area (Å²) in [4.78, 5) is 143. The highest BCUT2D eigenvalue weighted by Gasteiger charge is 2.26. The summed E-state index contributed by atoms with van der Waals surface area (Å²) in [7, 11) is 0. The summed E-state index contributed by atoms with van der Waals surface area (Å²) in [5, 5.41) is 65.3. The van der Waals surface area contributed by atoms with Crippen molar-refractivity contribution < 1.29 is 107 Å². The van der Waals surface area contributed by atoms with E-state index in [1.54, 1.807) is 6.92 Å². The van der Waals surface area contributed by atoms with Crippen LogP contribution in [-0.2, 0) is 76.5 Å². The molecular formula is C52H86N4O22S. The fourth-order valence-corrected chi connectivity index (χ4v) is 8.43. The van der Waals surface area contributed by atoms with Crippen LogP contribution in [0, 0.1) is 17.8 Å². The highest BCUT2D eigenvalue weighted by Crippen LogP contribution is 2.18. The molecule has 4 amide bonds. The number of aliphatic hydroxyl groups excluding tert-OH is 1. The van der Waals surface area contributed by atoms with Crippen molar-refractivity contribution in [3.8, 4) is 0 Å². The number of ketones is 3. The molecule has 0 fully saturated rings. The first-order valence-corrected chi connectivity index (χ1v) is 28.1. The predicted molar refractivity (Wildman–Crippen MR) is 284 cm³/mol. The fourth-order valence-electron chi connectivity index (χ4n) is 7.40. The molecular weight excluding hydrogens is 1060 g/mol. The van der Waals surface area contributed by atoms with E-state index in [9.17, 15) is 72.9 Å². The number of nitrogens with one attached hydrogen (secondary N) is 4. The van der Waals surface area contributed by atoms with E-state index < -0.39 is 89.9 Å². The van der Waals surface area contributed by atoms with Crippen LogP contribution in [0.1, 0.15) is 142 Å². The number of carboxylic acids is 5. The molecule has 0 heterocycles. The van der Waals surface area contributed by atoms with E-state index in [0.717, 1.165) is 38.5 Å². The van der Waals surface area contributed by atoms with Crippen LogP contribution in [0.5, 0.6) is 0 Å². The zero-order valence-corrected chi connectivity index (χ0v) is 46.4. The van der Waals surface area contributed by atoms with Crippen molar-refractivity contribution in [2.45, 2.75) is 154 Å². The van der Waals surface area contributed by atoms with E-state index in [2.05, 4.69) is 21.3 Å². The minimum Gasteiger partial charge on any atom is -0.481 e. The van der Waals surface area contributed by atoms with Gasteiger partial charge in [0.25, 0.3) is 0 Å². The molecule has 0 spiro atoms. The number of carbonyl (C=O) groups excluding carboxylic acids is 7. The van der Waals surface area contributed by atoms with Gasteiger partial charge in [-0.3, -0.25) is 47.9 Å². The van der Waals surface area contributed by atoms with Crippen molar-refractivity contribution in [1.29, 1.82) is 0 Å². The molecule has 0 rings (SSSR count). The van der Waals surface area contributed by atoms with Gasteiger partial charge < -0.3 is 70.9 Å². The molecule has 452 valence electrons. The van der Waals surface area contributed by atoms with Crippen LogP contribution in [-0.4, -0.2) is 198 Å². The minimum absolute atomic E-state index is 0.0282. The van der Waals surface area contributed by atoms with Crippen molar-refractivity contribution in [2.75, 3.05) is 84.1 Å². The third kappa shape index (κ3) is 42.9. The Balaban J connectivity index is 4.03. The molecule has 79 heavy (non-hydrogen) atoms. The molecule has 0 unspecified atom stereocenters. The summed E-state index contributed by atoms with van der Waals surface area (Å²) in [5.41, 5.74) is 0. The van der Waals surface area contributed by atoms with Crippen LogP contribution >= 0.6 is 11.8 Å². The number of unbranched alkanes of at least 4 members (excludes halogenated alkanes) is 9. The molecule has 27 heteroatoms. The highest BCUT2D eigenvalue weighted by molar-refractivity contribution is 7.99. The van der Waals surface area contributed by atoms with Gasteiger partial charge in [0.15, 0.2) is 5.78 Å². The lowest BCUT2D eigenvalue weighted by Crippen LogP contribution is -2.44. The molecule has 0 aromatic heterocycles. The van der Waals surface area contributed by atoms with E-state index in [1.165, 1.54) is 11.8 Å². The second-order valence-electron chi connectivity index (χ2n) is 19.0. The summed E-state index contributed by atoms with van der Waals surface area (Å²) in [5.74, 6) is -10.8. The molecule has 5 atom stereocenters. The van der Waals surface area contributed by atoms with Gasteiger partial charge >= 0.3 is 29.8 Å². The Hall–Kier alpha value is -5.61. The zero-order valence-electron chi connectivity index (χ0n) is 45.6. The molecule has 0 aliphatic heterocycles. The third-order valence-corrected chi connectivity index (χ3v) is 13.3. The van der Waals surface area contributed by atoms with E-state index in [1.807, 2.05) is 0 Å². The van der Waals surface area contributed by atoms with E-state index >= 15 is 0 Å². The summed E-state index contributed by atoms with van der Waals surface area (Å²) < 4.78 is 21.3. The SMILES string of the molecule is C[C@@H](CSCC(=O)CCCCC[C@H](CC(=O)COCCOCCNC(=O)COCCOCCNC(=O)CC[C@@H](NC(=O)CC[C@H](NC(=O)CCCCCCCCCCC(=O)O)C(=O)O)C(=O)O)C(=O)O)C(=O)C[C@@H](CO)C(=O)O. The number of amides is 4. The van der Waals surface area contributed by atoms with E-state index in [4.69, 9.17) is 34.3 Å². The maximum absolute atomic E-state index is 12.5. The zero-order chi connectivity index (χ0) is 59.2. The Morgan fingerprint density at radius 2 is 0.911 bits per heavy atom. The van der Waals surface area contributed by atoms with Crippen LogP contribution in [0.3, 0.4) is 0 Å². The number of rotatable bonds is 55. The van der Waals surface area contributed by atoms with Gasteiger partial charge in [-0.1, -0.05) is 58.3 Å². The molecule has 0 aliphatic carbocycles. The average molecular weight is 1150 g/mol. The molecule has 26 nitrogen and oxygen atoms in total. The predicted octanol–water partition coefficient (Wildman–Crippen LogP) is 2.17. The Morgan fingerprint density at radius 3 is 1.44 bits per heavy atom. The van der Waals surface area contributed by atoms with Crippen LogP contribution in [0.15, 0.2) is 0 Å². The number of carbonyl (C=O) groups is 12. The fraction of sp³-hybridized carbons (Fsp3) is 0.769. The molecule has 0 saturated carbocycles. The van der Waals surface area contributed by atoms with Gasteiger partial charge in [0, 0.05) is 69.7 Å². The van der Waals surface area contributed by atoms with Gasteiger partial charge in [0.05, 0.1) is 63.8 Å². The van der Waals surface area contributed by atoms with Crippen molar-refractivity contribution in [3.05, 3.63) is 0 Å². The quantitative estimate of drug-likeness (QED) is 0.0390. The van der Waals surface area contributed by atoms with E-state index in [-0.39, 0.29) is 153 Å². The second kappa shape index (κ2) is 47.2. The molecule has 0 aromatic carbocycles. The molecule has 0 bridgehead atoms. The smallest absolute Gasteiger partial charge is 0.326 e. The highest BCUT2D eigenvalue weighted by atomic mass is 32.2. The number of aliphatic carboxylic acids is 5. The lowest BCUT2D eigenvalue weighted by molar-refractivity contribution is -0.145. The van der Waals surface area contributed by atoms with Gasteiger partial charge in [-0.2, -0.15) is 11.8 Å². The number of Topliss-reactive ketones (excluding diaryl/α,β-unsaturated/α-hetero) is 3. The van der Waals surface area contributed by atoms with Gasteiger partial charge in [-0.25, -0.2) is 9.59 Å². The lowest BCUT2D eigenvalue weighted by Gasteiger charge is -2.17. The standard InChI is InChI=1S/C52H86N4O22S/c1-36(43(60)30-38(31-57)50(69)70)34-79-35-39(58)14-10-8-9-13-37(49(67)68)29-40(59)32-77-27-25-76-24-22-54-47(64)33-78-28-26-75-23-21-53-44(61)19-17-41(51(71)72)56-46(63)20-18-42(52(73)74)55-45(62)15-11-6-4-2-3-5-7-12-16-48(65)66/h36-38,41-42,57H,2-35H2,1H3,(H,53,61)(H,54,64)(H,55,62)(H,56,63)(H,65,66)(H,67,68)(H,69,70)(H,71,72)(H,73,74)/t36-,37+,38-,41+,42-/m0/s1. The Bertz CT molecular complexity index is 1870. The van der Waals surface area contributed by atoms with Gasteiger partial charge in [0.1, 0.15) is 36.9 Å². The van der Waals surface area contributed by atoms with Crippen molar-refractivity contribution in [2.24, 2.45) is 17.8 Å². The van der Waals surface area contributed by atoms with Crippen LogP contribution in [0.25, 0.3) is 0 Å². The van der Waals surface area contributed by atoms with E-state index in [0.29, 0.717) is 37.9 Å². The molecule has 10 N–H and O–H groups in total. The number of ether oxygens (including phenoxy) is 4. The number of thioether (sulfide) groups is 1. The third-order valence-electron chi connectivity index (χ3n) is 12.0. The van der Waals surface area contributed by atoms with Crippen LogP contribution in [0.4, 0.5) is 0 Å².